The largest absolute Gasteiger partial charge is 0.351 e. The molecule has 1 atom stereocenters. The van der Waals surface area contributed by atoms with Crippen molar-refractivity contribution in [1.29, 1.82) is 0 Å². The van der Waals surface area contributed by atoms with E-state index in [0.717, 1.165) is 25.7 Å². The van der Waals surface area contributed by atoms with Gasteiger partial charge in [0.25, 0.3) is 0 Å². The molecule has 1 N–H and O–H groups in total. The molecule has 0 aliphatic heterocycles. The van der Waals surface area contributed by atoms with Gasteiger partial charge in [-0.05, 0) is 43.2 Å². The van der Waals surface area contributed by atoms with Gasteiger partial charge in [-0.25, -0.2) is 9.07 Å². The zero-order valence-electron chi connectivity index (χ0n) is 19.2. The summed E-state index contributed by atoms with van der Waals surface area (Å²) in [7, 11) is 0. The lowest BCUT2D eigenvalue weighted by atomic mass is 10.0. The Morgan fingerprint density at radius 2 is 1.66 bits per heavy atom. The lowest BCUT2D eigenvalue weighted by molar-refractivity contribution is -0.127. The summed E-state index contributed by atoms with van der Waals surface area (Å²) in [5.41, 5.74) is 2.00. The SMILES string of the molecule is O=C(NC1CCCC1)[C@@H](c1ccccc1F)N(C(=O)Cn1nnc2ccccc21)c1ccccc1. The molecule has 0 radical (unpaired) electrons. The van der Waals surface area contributed by atoms with Crippen molar-refractivity contribution in [2.24, 2.45) is 0 Å². The van der Waals surface area contributed by atoms with Crippen LogP contribution in [-0.2, 0) is 16.1 Å². The molecule has 178 valence electrons. The second kappa shape index (κ2) is 10.0. The molecule has 0 spiro atoms. The number of rotatable bonds is 7. The van der Waals surface area contributed by atoms with Crippen LogP contribution >= 0.6 is 0 Å². The summed E-state index contributed by atoms with van der Waals surface area (Å²) in [6.07, 6.45) is 3.83. The van der Waals surface area contributed by atoms with Crippen molar-refractivity contribution in [3.8, 4) is 0 Å². The number of anilines is 1. The van der Waals surface area contributed by atoms with Crippen LogP contribution in [-0.4, -0.2) is 32.9 Å². The van der Waals surface area contributed by atoms with Crippen LogP contribution in [0.15, 0.2) is 78.9 Å². The van der Waals surface area contributed by atoms with Gasteiger partial charge in [-0.1, -0.05) is 66.6 Å². The van der Waals surface area contributed by atoms with Gasteiger partial charge in [-0.3, -0.25) is 14.5 Å². The molecule has 35 heavy (non-hydrogen) atoms. The van der Waals surface area contributed by atoms with Gasteiger partial charge in [0.15, 0.2) is 0 Å². The molecule has 8 heteroatoms. The molecular formula is C27H26FN5O2. The highest BCUT2D eigenvalue weighted by molar-refractivity contribution is 6.01. The predicted molar refractivity (Wildman–Crippen MR) is 131 cm³/mol. The van der Waals surface area contributed by atoms with Crippen LogP contribution in [0.3, 0.4) is 0 Å². The summed E-state index contributed by atoms with van der Waals surface area (Å²) < 4.78 is 16.6. The normalized spacial score (nSPS) is 14.7. The first kappa shape index (κ1) is 22.7. The van der Waals surface area contributed by atoms with Gasteiger partial charge in [0.05, 0.1) is 5.52 Å². The average Bonchev–Trinajstić information content (AvgIpc) is 3.54. The summed E-state index contributed by atoms with van der Waals surface area (Å²) in [4.78, 5) is 28.9. The molecule has 0 saturated heterocycles. The minimum atomic E-state index is -1.18. The third-order valence-corrected chi connectivity index (χ3v) is 6.42. The van der Waals surface area contributed by atoms with Crippen LogP contribution < -0.4 is 10.2 Å². The van der Waals surface area contributed by atoms with Gasteiger partial charge in [-0.2, -0.15) is 0 Å². The molecule has 1 fully saturated rings. The van der Waals surface area contributed by atoms with E-state index < -0.39 is 23.7 Å². The van der Waals surface area contributed by atoms with Crippen LogP contribution in [0.4, 0.5) is 10.1 Å². The number of carbonyl (C=O) groups excluding carboxylic acids is 2. The fourth-order valence-electron chi connectivity index (χ4n) is 4.71. The van der Waals surface area contributed by atoms with E-state index in [1.807, 2.05) is 30.3 Å². The van der Waals surface area contributed by atoms with Gasteiger partial charge < -0.3 is 5.32 Å². The van der Waals surface area contributed by atoms with Gasteiger partial charge in [0, 0.05) is 17.3 Å². The van der Waals surface area contributed by atoms with Crippen molar-refractivity contribution < 1.29 is 14.0 Å². The minimum absolute atomic E-state index is 0.0174. The number of aromatic nitrogens is 3. The molecule has 0 unspecified atom stereocenters. The maximum absolute atomic E-state index is 15.1. The van der Waals surface area contributed by atoms with E-state index in [-0.39, 0.29) is 18.2 Å². The van der Waals surface area contributed by atoms with Crippen molar-refractivity contribution in [2.45, 2.75) is 44.3 Å². The summed E-state index contributed by atoms with van der Waals surface area (Å²) in [6.45, 7) is -0.156. The smallest absolute Gasteiger partial charge is 0.249 e. The number of amides is 2. The van der Waals surface area contributed by atoms with Crippen molar-refractivity contribution in [1.82, 2.24) is 20.3 Å². The Bertz CT molecular complexity index is 1330. The summed E-state index contributed by atoms with van der Waals surface area (Å²) >= 11 is 0. The number of benzene rings is 3. The summed E-state index contributed by atoms with van der Waals surface area (Å²) in [5, 5.41) is 11.3. The quantitative estimate of drug-likeness (QED) is 0.433. The summed E-state index contributed by atoms with van der Waals surface area (Å²) in [6, 6.07) is 21.2. The Labute approximate surface area is 202 Å². The molecule has 7 nitrogen and oxygen atoms in total. The number of halogens is 1. The fourth-order valence-corrected chi connectivity index (χ4v) is 4.71. The van der Waals surface area contributed by atoms with E-state index >= 15 is 4.39 Å². The summed E-state index contributed by atoms with van der Waals surface area (Å²) in [5.74, 6) is -1.34. The third kappa shape index (κ3) is 4.77. The Hall–Kier alpha value is -4.07. The predicted octanol–water partition coefficient (Wildman–Crippen LogP) is 4.40. The number of carbonyl (C=O) groups is 2. The number of para-hydroxylation sites is 2. The van der Waals surface area contributed by atoms with E-state index in [0.29, 0.717) is 16.7 Å². The topological polar surface area (TPSA) is 80.1 Å². The van der Waals surface area contributed by atoms with E-state index in [4.69, 9.17) is 0 Å². The zero-order chi connectivity index (χ0) is 24.2. The molecule has 0 bridgehead atoms. The van der Waals surface area contributed by atoms with Gasteiger partial charge >= 0.3 is 0 Å². The lowest BCUT2D eigenvalue weighted by Crippen LogP contribution is -2.47. The number of fused-ring (bicyclic) bond motifs is 1. The monoisotopic (exact) mass is 471 g/mol. The highest BCUT2D eigenvalue weighted by Gasteiger charge is 2.36. The van der Waals surface area contributed by atoms with E-state index in [1.54, 1.807) is 42.5 Å². The van der Waals surface area contributed by atoms with Crippen molar-refractivity contribution >= 4 is 28.5 Å². The van der Waals surface area contributed by atoms with Crippen molar-refractivity contribution in [3.63, 3.8) is 0 Å². The van der Waals surface area contributed by atoms with Crippen LogP contribution in [0.25, 0.3) is 11.0 Å². The highest BCUT2D eigenvalue weighted by atomic mass is 19.1. The van der Waals surface area contributed by atoms with E-state index in [9.17, 15) is 9.59 Å². The molecular weight excluding hydrogens is 445 g/mol. The van der Waals surface area contributed by atoms with Crippen LogP contribution in [0.1, 0.15) is 37.3 Å². The van der Waals surface area contributed by atoms with Gasteiger partial charge in [0.2, 0.25) is 11.8 Å². The third-order valence-electron chi connectivity index (χ3n) is 6.42. The maximum Gasteiger partial charge on any atom is 0.249 e. The average molecular weight is 472 g/mol. The second-order valence-corrected chi connectivity index (χ2v) is 8.75. The minimum Gasteiger partial charge on any atom is -0.351 e. The number of hydrogen-bond acceptors (Lipinski definition) is 4. The zero-order valence-corrected chi connectivity index (χ0v) is 19.2. The molecule has 1 saturated carbocycles. The van der Waals surface area contributed by atoms with Crippen LogP contribution in [0.2, 0.25) is 0 Å². The maximum atomic E-state index is 15.1. The Kier molecular flexibility index (Phi) is 6.52. The molecule has 1 aliphatic rings. The standard InChI is InChI=1S/C27H26FN5O2/c28-22-15-7-6-14-21(22)26(27(35)29-19-10-4-5-11-19)33(20-12-2-1-3-13-20)25(34)18-32-24-17-9-8-16-23(24)30-31-32/h1-3,6-9,12-17,19,26H,4-5,10-11,18H2,(H,29,35)/t26-/m1/s1. The van der Waals surface area contributed by atoms with Crippen LogP contribution in [0.5, 0.6) is 0 Å². The molecule has 5 rings (SSSR count). The van der Waals surface area contributed by atoms with Crippen molar-refractivity contribution in [3.05, 3.63) is 90.2 Å². The molecule has 1 heterocycles. The Balaban J connectivity index is 1.56. The molecule has 3 aromatic carbocycles. The van der Waals surface area contributed by atoms with Crippen LogP contribution in [0, 0.1) is 5.82 Å². The van der Waals surface area contributed by atoms with E-state index in [1.165, 1.54) is 15.6 Å². The van der Waals surface area contributed by atoms with Gasteiger partial charge in [-0.15, -0.1) is 5.10 Å². The first-order valence-electron chi connectivity index (χ1n) is 11.8. The molecule has 1 aliphatic carbocycles. The Morgan fingerprint density at radius 3 is 2.43 bits per heavy atom. The van der Waals surface area contributed by atoms with Crippen molar-refractivity contribution in [2.75, 3.05) is 4.90 Å². The lowest BCUT2D eigenvalue weighted by Gasteiger charge is -2.32. The molecule has 4 aromatic rings. The Morgan fingerprint density at radius 1 is 0.971 bits per heavy atom. The molecule has 2 amide bonds. The fraction of sp³-hybridized carbons (Fsp3) is 0.259. The highest BCUT2D eigenvalue weighted by Crippen LogP contribution is 2.31. The number of nitrogens with one attached hydrogen (secondary N) is 1. The first-order valence-corrected chi connectivity index (χ1v) is 11.8. The first-order chi connectivity index (χ1) is 17.1. The molecule has 1 aromatic heterocycles. The van der Waals surface area contributed by atoms with Gasteiger partial charge in [0.1, 0.15) is 23.9 Å². The van der Waals surface area contributed by atoms with E-state index in [2.05, 4.69) is 15.6 Å². The second-order valence-electron chi connectivity index (χ2n) is 8.75. The number of nitrogens with zero attached hydrogens (tertiary/aromatic N) is 4. The number of hydrogen-bond donors (Lipinski definition) is 1.